The minimum absolute atomic E-state index is 0.775. The fourth-order valence-corrected chi connectivity index (χ4v) is 2.34. The third-order valence-electron chi connectivity index (χ3n) is 2.40. The number of hydrogen-bond donors (Lipinski definition) is 0. The summed E-state index contributed by atoms with van der Waals surface area (Å²) in [7, 11) is 0. The van der Waals surface area contributed by atoms with E-state index in [-0.39, 0.29) is 0 Å². The summed E-state index contributed by atoms with van der Waals surface area (Å²) >= 11 is 1.73. The highest BCUT2D eigenvalue weighted by Gasteiger charge is 2.26. The number of hydrogen-bond acceptors (Lipinski definition) is 2. The monoisotopic (exact) mass is 178 g/mol. The normalized spacial score (nSPS) is 17.4. The zero-order valence-electron chi connectivity index (χ0n) is 6.95. The Kier molecular flexibility index (Phi) is 1.17. The molecule has 0 radical (unpaired) electrons. The van der Waals surface area contributed by atoms with E-state index in [1.807, 2.05) is 0 Å². The van der Waals surface area contributed by atoms with Crippen molar-refractivity contribution >= 4 is 16.3 Å². The van der Waals surface area contributed by atoms with Gasteiger partial charge in [-0.05, 0) is 19.8 Å². The summed E-state index contributed by atoms with van der Waals surface area (Å²) in [4.78, 5) is 5.72. The van der Waals surface area contributed by atoms with Crippen LogP contribution >= 0.6 is 11.3 Å². The van der Waals surface area contributed by atoms with Crippen molar-refractivity contribution in [2.24, 2.45) is 0 Å². The van der Waals surface area contributed by atoms with Crippen LogP contribution in [0.5, 0.6) is 0 Å². The quantitative estimate of drug-likeness (QED) is 0.656. The highest BCUT2D eigenvalue weighted by Crippen LogP contribution is 2.39. The molecule has 1 fully saturated rings. The van der Waals surface area contributed by atoms with Crippen molar-refractivity contribution < 1.29 is 0 Å². The van der Waals surface area contributed by atoms with E-state index in [0.717, 1.165) is 10.9 Å². The van der Waals surface area contributed by atoms with Gasteiger partial charge in [-0.3, -0.25) is 4.40 Å². The molecule has 3 rings (SSSR count). The Balaban J connectivity index is 2.23. The topological polar surface area (TPSA) is 17.3 Å². The molecular formula is C9H10N2S. The first-order valence-corrected chi connectivity index (χ1v) is 5.15. The van der Waals surface area contributed by atoms with Crippen molar-refractivity contribution in [2.75, 3.05) is 0 Å². The molecule has 0 spiro atoms. The maximum atomic E-state index is 4.58. The van der Waals surface area contributed by atoms with Gasteiger partial charge in [0.15, 0.2) is 4.96 Å². The van der Waals surface area contributed by atoms with Crippen LogP contribution in [-0.2, 0) is 0 Å². The number of imidazole rings is 1. The second kappa shape index (κ2) is 2.10. The lowest BCUT2D eigenvalue weighted by Crippen LogP contribution is -1.79. The molecule has 0 bridgehead atoms. The van der Waals surface area contributed by atoms with E-state index in [0.29, 0.717) is 0 Å². The van der Waals surface area contributed by atoms with E-state index in [9.17, 15) is 0 Å². The molecule has 0 N–H and O–H groups in total. The fraction of sp³-hybridized carbons (Fsp3) is 0.444. The molecule has 0 unspecified atom stereocenters. The van der Waals surface area contributed by atoms with Gasteiger partial charge in [-0.25, -0.2) is 4.98 Å². The summed E-state index contributed by atoms with van der Waals surface area (Å²) in [6.45, 7) is 2.13. The average Bonchev–Trinajstić information content (AvgIpc) is 2.73. The highest BCUT2D eigenvalue weighted by molar-refractivity contribution is 7.15. The van der Waals surface area contributed by atoms with Gasteiger partial charge in [0, 0.05) is 23.2 Å². The van der Waals surface area contributed by atoms with Crippen LogP contribution < -0.4 is 0 Å². The van der Waals surface area contributed by atoms with Gasteiger partial charge < -0.3 is 0 Å². The van der Waals surface area contributed by atoms with E-state index in [2.05, 4.69) is 27.9 Å². The van der Waals surface area contributed by atoms with Crippen molar-refractivity contribution in [3.8, 4) is 0 Å². The van der Waals surface area contributed by atoms with Gasteiger partial charge in [-0.1, -0.05) is 0 Å². The lowest BCUT2D eigenvalue weighted by Gasteiger charge is -1.85. The third-order valence-corrected chi connectivity index (χ3v) is 3.36. The summed E-state index contributed by atoms with van der Waals surface area (Å²) < 4.78 is 2.19. The smallest absolute Gasteiger partial charge is 0.194 e. The Bertz CT molecular complexity index is 423. The van der Waals surface area contributed by atoms with Crippen LogP contribution in [0.15, 0.2) is 11.6 Å². The van der Waals surface area contributed by atoms with Crippen LogP contribution in [0.3, 0.4) is 0 Å². The molecule has 2 aromatic rings. The molecule has 0 atom stereocenters. The third kappa shape index (κ3) is 0.829. The van der Waals surface area contributed by atoms with Crippen molar-refractivity contribution in [2.45, 2.75) is 25.7 Å². The first kappa shape index (κ1) is 6.66. The molecular weight excluding hydrogens is 168 g/mol. The van der Waals surface area contributed by atoms with Crippen molar-refractivity contribution in [1.82, 2.24) is 9.38 Å². The molecule has 1 aliphatic rings. The first-order valence-electron chi connectivity index (χ1n) is 4.27. The van der Waals surface area contributed by atoms with Crippen LogP contribution in [0.1, 0.15) is 30.1 Å². The number of thiazole rings is 1. The summed E-state index contributed by atoms with van der Waals surface area (Å²) in [6.07, 6.45) is 4.87. The highest BCUT2D eigenvalue weighted by atomic mass is 32.1. The van der Waals surface area contributed by atoms with E-state index < -0.39 is 0 Å². The van der Waals surface area contributed by atoms with Gasteiger partial charge in [0.1, 0.15) is 0 Å². The molecule has 1 aliphatic carbocycles. The van der Waals surface area contributed by atoms with Gasteiger partial charge in [0.25, 0.3) is 0 Å². The molecule has 0 saturated heterocycles. The number of fused-ring (bicyclic) bond motifs is 1. The molecule has 2 heterocycles. The molecule has 3 heteroatoms. The Morgan fingerprint density at radius 1 is 1.58 bits per heavy atom. The zero-order valence-corrected chi connectivity index (χ0v) is 7.77. The minimum Gasteiger partial charge on any atom is -0.295 e. The van der Waals surface area contributed by atoms with Crippen LogP contribution in [0.4, 0.5) is 0 Å². The van der Waals surface area contributed by atoms with Crippen molar-refractivity contribution in [3.63, 3.8) is 0 Å². The van der Waals surface area contributed by atoms with E-state index >= 15 is 0 Å². The van der Waals surface area contributed by atoms with Gasteiger partial charge in [0.2, 0.25) is 0 Å². The summed E-state index contributed by atoms with van der Waals surface area (Å²) in [6, 6.07) is 0. The Morgan fingerprint density at radius 2 is 2.42 bits per heavy atom. The second-order valence-corrected chi connectivity index (χ2v) is 4.31. The van der Waals surface area contributed by atoms with Crippen LogP contribution in [-0.4, -0.2) is 9.38 Å². The van der Waals surface area contributed by atoms with Crippen LogP contribution in [0, 0.1) is 6.92 Å². The predicted molar refractivity (Wildman–Crippen MR) is 49.8 cm³/mol. The van der Waals surface area contributed by atoms with Gasteiger partial charge >= 0.3 is 0 Å². The molecule has 2 aromatic heterocycles. The zero-order chi connectivity index (χ0) is 8.13. The Hall–Kier alpha value is -0.830. The molecule has 0 aromatic carbocycles. The molecule has 0 amide bonds. The Morgan fingerprint density at radius 3 is 3.08 bits per heavy atom. The summed E-state index contributed by atoms with van der Waals surface area (Å²) in [5.41, 5.74) is 2.60. The maximum absolute atomic E-state index is 4.58. The SMILES string of the molecule is Cc1csc2nc(C3CC3)cn12. The van der Waals surface area contributed by atoms with Crippen LogP contribution in [0.25, 0.3) is 4.96 Å². The lowest BCUT2D eigenvalue weighted by atomic mass is 10.3. The molecule has 62 valence electrons. The summed E-state index contributed by atoms with van der Waals surface area (Å²) in [5.74, 6) is 0.775. The van der Waals surface area contributed by atoms with E-state index in [4.69, 9.17) is 0 Å². The maximum Gasteiger partial charge on any atom is 0.194 e. The fourth-order valence-electron chi connectivity index (χ4n) is 1.49. The van der Waals surface area contributed by atoms with Gasteiger partial charge in [0.05, 0.1) is 5.69 Å². The summed E-state index contributed by atoms with van der Waals surface area (Å²) in [5, 5.41) is 2.15. The van der Waals surface area contributed by atoms with Crippen molar-refractivity contribution in [3.05, 3.63) is 23.0 Å². The van der Waals surface area contributed by atoms with Crippen LogP contribution in [0.2, 0.25) is 0 Å². The van der Waals surface area contributed by atoms with Gasteiger partial charge in [-0.2, -0.15) is 0 Å². The molecule has 0 aliphatic heterocycles. The number of aromatic nitrogens is 2. The number of aryl methyl sites for hydroxylation is 1. The predicted octanol–water partition coefficient (Wildman–Crippen LogP) is 2.58. The molecule has 2 nitrogen and oxygen atoms in total. The van der Waals surface area contributed by atoms with Crippen molar-refractivity contribution in [1.29, 1.82) is 0 Å². The van der Waals surface area contributed by atoms with Gasteiger partial charge in [-0.15, -0.1) is 11.3 Å². The number of rotatable bonds is 1. The first-order chi connectivity index (χ1) is 5.84. The Labute approximate surface area is 74.9 Å². The second-order valence-electron chi connectivity index (χ2n) is 3.47. The van der Waals surface area contributed by atoms with E-state index in [1.165, 1.54) is 24.2 Å². The average molecular weight is 178 g/mol. The number of nitrogens with zero attached hydrogens (tertiary/aromatic N) is 2. The molecule has 1 saturated carbocycles. The standard InChI is InChI=1S/C9H10N2S/c1-6-5-12-9-10-8(4-11(6)9)7-2-3-7/h4-5,7H,2-3H2,1H3. The minimum atomic E-state index is 0.775. The lowest BCUT2D eigenvalue weighted by molar-refractivity contribution is 1.05. The largest absolute Gasteiger partial charge is 0.295 e. The van der Waals surface area contributed by atoms with E-state index in [1.54, 1.807) is 11.3 Å². The molecule has 12 heavy (non-hydrogen) atoms.